The molecule has 0 aromatic carbocycles. The maximum Gasteiger partial charge on any atom is 0.191 e. The first-order chi connectivity index (χ1) is 11.4. The molecule has 0 atom stereocenters. The molecule has 0 bridgehead atoms. The van der Waals surface area contributed by atoms with Crippen LogP contribution in [0.2, 0.25) is 0 Å². The van der Waals surface area contributed by atoms with Crippen LogP contribution in [0.15, 0.2) is 10.4 Å². The van der Waals surface area contributed by atoms with Gasteiger partial charge in [0.1, 0.15) is 5.01 Å². The lowest BCUT2D eigenvalue weighted by atomic mass is 10.1. The molecule has 0 radical (unpaired) electrons. The maximum atomic E-state index is 4.63. The molecule has 2 heterocycles. The molecule has 6 nitrogen and oxygen atoms in total. The first-order valence-electron chi connectivity index (χ1n) is 8.30. The fraction of sp³-hybridized carbons (Fsp3) is 0.588. The van der Waals surface area contributed by atoms with Crippen molar-refractivity contribution in [3.05, 3.63) is 33.0 Å². The Morgan fingerprint density at radius 1 is 1.32 bits per heavy atom. The molecular formula is C17H29IN6S. The average Bonchev–Trinajstić information content (AvgIpc) is 3.10. The maximum absolute atomic E-state index is 4.63. The highest BCUT2D eigenvalue weighted by atomic mass is 127. The van der Waals surface area contributed by atoms with Crippen LogP contribution in [0, 0.1) is 13.8 Å². The second kappa shape index (κ2) is 10.1. The van der Waals surface area contributed by atoms with Crippen LogP contribution in [0.1, 0.15) is 47.4 Å². The van der Waals surface area contributed by atoms with Gasteiger partial charge in [0, 0.05) is 31.7 Å². The normalized spacial score (nSPS) is 11.6. The van der Waals surface area contributed by atoms with E-state index in [9.17, 15) is 0 Å². The van der Waals surface area contributed by atoms with Crippen molar-refractivity contribution in [3.8, 4) is 0 Å². The van der Waals surface area contributed by atoms with Crippen molar-refractivity contribution in [1.82, 2.24) is 25.4 Å². The van der Waals surface area contributed by atoms with E-state index in [1.807, 2.05) is 11.7 Å². The van der Waals surface area contributed by atoms with E-state index in [2.05, 4.69) is 58.8 Å². The lowest BCUT2D eigenvalue weighted by molar-refractivity contribution is 0.728. The third-order valence-electron chi connectivity index (χ3n) is 4.12. The summed E-state index contributed by atoms with van der Waals surface area (Å²) >= 11 is 1.69. The minimum atomic E-state index is 0. The van der Waals surface area contributed by atoms with Crippen molar-refractivity contribution in [1.29, 1.82) is 0 Å². The first kappa shape index (κ1) is 21.9. The van der Waals surface area contributed by atoms with E-state index < -0.39 is 0 Å². The summed E-state index contributed by atoms with van der Waals surface area (Å²) in [6, 6.07) is 0. The molecule has 2 aromatic rings. The number of nitrogens with one attached hydrogen (secondary N) is 2. The third-order valence-corrected chi connectivity index (χ3v) is 4.99. The molecule has 0 saturated heterocycles. The van der Waals surface area contributed by atoms with Crippen LogP contribution in [-0.4, -0.2) is 34.3 Å². The Balaban J connectivity index is 0.00000312. The molecule has 0 fully saturated rings. The van der Waals surface area contributed by atoms with Crippen LogP contribution >= 0.6 is 35.3 Å². The Bertz CT molecular complexity index is 704. The van der Waals surface area contributed by atoms with Gasteiger partial charge >= 0.3 is 0 Å². The van der Waals surface area contributed by atoms with Gasteiger partial charge in [-0.05, 0) is 31.7 Å². The fourth-order valence-electron chi connectivity index (χ4n) is 2.54. The molecule has 0 amide bonds. The lowest BCUT2D eigenvalue weighted by Gasteiger charge is -2.11. The largest absolute Gasteiger partial charge is 0.356 e. The van der Waals surface area contributed by atoms with Crippen molar-refractivity contribution >= 4 is 41.3 Å². The topological polar surface area (TPSA) is 67.1 Å². The van der Waals surface area contributed by atoms with Gasteiger partial charge in [-0.1, -0.05) is 13.8 Å². The molecular weight excluding hydrogens is 447 g/mol. The number of nitrogens with zero attached hydrogens (tertiary/aromatic N) is 4. The predicted octanol–water partition coefficient (Wildman–Crippen LogP) is 3.14. The molecule has 2 N–H and O–H groups in total. The molecule has 140 valence electrons. The number of halogens is 1. The monoisotopic (exact) mass is 476 g/mol. The summed E-state index contributed by atoms with van der Waals surface area (Å²) < 4.78 is 1.94. The number of aromatic nitrogens is 3. The standard InChI is InChI=1S/C17H28N6S.HI/c1-11(2)15-10-24-16(21-15)9-20-17(18-5)19-8-7-14-12(3)22-23(6)13(14)4;/h10-11H,7-9H2,1-6H3,(H2,18,19,20);1H. The van der Waals surface area contributed by atoms with E-state index in [-0.39, 0.29) is 24.0 Å². The Kier molecular flexibility index (Phi) is 8.84. The molecule has 2 rings (SSSR count). The van der Waals surface area contributed by atoms with Gasteiger partial charge in [0.2, 0.25) is 0 Å². The number of guanidine groups is 1. The second-order valence-corrected chi connectivity index (χ2v) is 7.14. The van der Waals surface area contributed by atoms with Crippen molar-refractivity contribution < 1.29 is 0 Å². The summed E-state index contributed by atoms with van der Waals surface area (Å²) in [6.07, 6.45) is 0.932. The van der Waals surface area contributed by atoms with Crippen molar-refractivity contribution in [3.63, 3.8) is 0 Å². The summed E-state index contributed by atoms with van der Waals surface area (Å²) in [5.74, 6) is 1.27. The van der Waals surface area contributed by atoms with E-state index in [1.165, 1.54) is 11.3 Å². The van der Waals surface area contributed by atoms with Crippen LogP contribution in [0.25, 0.3) is 0 Å². The fourth-order valence-corrected chi connectivity index (χ4v) is 3.43. The smallest absolute Gasteiger partial charge is 0.191 e. The zero-order valence-corrected chi connectivity index (χ0v) is 19.0. The van der Waals surface area contributed by atoms with E-state index in [0.717, 1.165) is 35.3 Å². The van der Waals surface area contributed by atoms with Crippen LogP contribution in [0.4, 0.5) is 0 Å². The van der Waals surface area contributed by atoms with Gasteiger partial charge < -0.3 is 10.6 Å². The number of thiazole rings is 1. The summed E-state index contributed by atoms with van der Waals surface area (Å²) in [5, 5.41) is 14.4. The molecule has 0 aliphatic heterocycles. The van der Waals surface area contributed by atoms with E-state index >= 15 is 0 Å². The van der Waals surface area contributed by atoms with Gasteiger partial charge in [0.05, 0.1) is 17.9 Å². The third kappa shape index (κ3) is 5.95. The quantitative estimate of drug-likeness (QED) is 0.382. The summed E-state index contributed by atoms with van der Waals surface area (Å²) in [5.41, 5.74) is 4.79. The predicted molar refractivity (Wildman–Crippen MR) is 116 cm³/mol. The first-order valence-corrected chi connectivity index (χ1v) is 9.18. The van der Waals surface area contributed by atoms with Crippen LogP contribution < -0.4 is 10.6 Å². The lowest BCUT2D eigenvalue weighted by Crippen LogP contribution is -2.37. The minimum absolute atomic E-state index is 0. The van der Waals surface area contributed by atoms with Gasteiger partial charge in [0.25, 0.3) is 0 Å². The van der Waals surface area contributed by atoms with Gasteiger partial charge in [0.15, 0.2) is 5.96 Å². The highest BCUT2D eigenvalue weighted by molar-refractivity contribution is 14.0. The SMILES string of the molecule is CN=C(NCCc1c(C)nn(C)c1C)NCc1nc(C(C)C)cs1.I. The Hall–Kier alpha value is -1.16. The van der Waals surface area contributed by atoms with Crippen molar-refractivity contribution in [2.45, 2.75) is 46.6 Å². The molecule has 25 heavy (non-hydrogen) atoms. The van der Waals surface area contributed by atoms with E-state index in [0.29, 0.717) is 12.5 Å². The summed E-state index contributed by atoms with van der Waals surface area (Å²) in [4.78, 5) is 8.91. The highest BCUT2D eigenvalue weighted by Crippen LogP contribution is 2.17. The molecule has 0 unspecified atom stereocenters. The Morgan fingerprint density at radius 2 is 2.04 bits per heavy atom. The zero-order valence-electron chi connectivity index (χ0n) is 15.9. The molecule has 2 aromatic heterocycles. The minimum Gasteiger partial charge on any atom is -0.356 e. The number of rotatable bonds is 6. The summed E-state index contributed by atoms with van der Waals surface area (Å²) in [6.45, 7) is 10.0. The highest BCUT2D eigenvalue weighted by Gasteiger charge is 2.09. The van der Waals surface area contributed by atoms with Crippen LogP contribution in [0.5, 0.6) is 0 Å². The Morgan fingerprint density at radius 3 is 2.56 bits per heavy atom. The number of hydrogen-bond donors (Lipinski definition) is 2. The number of aliphatic imine (C=N–C) groups is 1. The molecule has 0 aliphatic carbocycles. The van der Waals surface area contributed by atoms with Gasteiger partial charge in [-0.15, -0.1) is 35.3 Å². The average molecular weight is 476 g/mol. The van der Waals surface area contributed by atoms with Crippen molar-refractivity contribution in [2.24, 2.45) is 12.0 Å². The van der Waals surface area contributed by atoms with Crippen LogP contribution in [-0.2, 0) is 20.0 Å². The summed E-state index contributed by atoms with van der Waals surface area (Å²) in [7, 11) is 3.77. The van der Waals surface area contributed by atoms with E-state index in [1.54, 1.807) is 18.4 Å². The van der Waals surface area contributed by atoms with Crippen LogP contribution in [0.3, 0.4) is 0 Å². The molecule has 0 spiro atoms. The second-order valence-electron chi connectivity index (χ2n) is 6.20. The van der Waals surface area contributed by atoms with Gasteiger partial charge in [-0.2, -0.15) is 5.10 Å². The zero-order chi connectivity index (χ0) is 17.7. The number of hydrogen-bond acceptors (Lipinski definition) is 4. The molecule has 8 heteroatoms. The molecule has 0 saturated carbocycles. The van der Waals surface area contributed by atoms with Gasteiger partial charge in [-0.3, -0.25) is 9.67 Å². The Labute approximate surface area is 171 Å². The van der Waals surface area contributed by atoms with Crippen molar-refractivity contribution in [2.75, 3.05) is 13.6 Å². The number of aryl methyl sites for hydroxylation is 2. The van der Waals surface area contributed by atoms with E-state index in [4.69, 9.17) is 0 Å². The molecule has 0 aliphatic rings. The van der Waals surface area contributed by atoms with Gasteiger partial charge in [-0.25, -0.2) is 4.98 Å².